The van der Waals surface area contributed by atoms with Crippen LogP contribution in [0.4, 0.5) is 14.6 Å². The van der Waals surface area contributed by atoms with Crippen LogP contribution in [0.1, 0.15) is 32.7 Å². The number of aryl methyl sites for hydroxylation is 1. The maximum atomic E-state index is 14.0. The van der Waals surface area contributed by atoms with Gasteiger partial charge in [-0.05, 0) is 61.3 Å². The molecule has 0 bridgehead atoms. The van der Waals surface area contributed by atoms with Gasteiger partial charge < -0.3 is 25.5 Å². The number of likely N-dealkylation sites (tertiary alicyclic amines) is 1. The minimum Gasteiger partial charge on any atom is -0.433 e. The van der Waals surface area contributed by atoms with Crippen molar-refractivity contribution in [2.24, 2.45) is 5.92 Å². The van der Waals surface area contributed by atoms with Crippen molar-refractivity contribution in [3.63, 3.8) is 0 Å². The Labute approximate surface area is 258 Å². The molecular formula is C33H33F2N7O3. The highest BCUT2D eigenvalue weighted by atomic mass is 19.1. The maximum absolute atomic E-state index is 14.0. The number of H-pyrrole nitrogens is 1. The lowest BCUT2D eigenvalue weighted by atomic mass is 9.94. The zero-order chi connectivity index (χ0) is 31.4. The van der Waals surface area contributed by atoms with Gasteiger partial charge in [-0.25, -0.2) is 18.4 Å². The van der Waals surface area contributed by atoms with Gasteiger partial charge in [-0.3, -0.25) is 9.69 Å². The summed E-state index contributed by atoms with van der Waals surface area (Å²) in [7, 11) is 2.04. The first kappa shape index (κ1) is 29.1. The second-order valence-corrected chi connectivity index (χ2v) is 12.0. The molecule has 2 unspecified atom stereocenters. The van der Waals surface area contributed by atoms with Gasteiger partial charge >= 0.3 is 0 Å². The number of aromatic amines is 1. The summed E-state index contributed by atoms with van der Waals surface area (Å²) in [5, 5.41) is 15.8. The lowest BCUT2D eigenvalue weighted by Gasteiger charge is -2.31. The molecule has 2 aliphatic rings. The Balaban J connectivity index is 1.10. The molecule has 0 radical (unpaired) electrons. The van der Waals surface area contributed by atoms with Crippen LogP contribution in [0.3, 0.4) is 0 Å². The van der Waals surface area contributed by atoms with Crippen molar-refractivity contribution in [2.45, 2.75) is 26.0 Å². The van der Waals surface area contributed by atoms with Crippen molar-refractivity contribution in [3.8, 4) is 17.3 Å². The Kier molecular flexibility index (Phi) is 7.35. The lowest BCUT2D eigenvalue weighted by molar-refractivity contribution is 0.103. The molecule has 5 heterocycles. The van der Waals surface area contributed by atoms with E-state index >= 15 is 0 Å². The number of carbonyl (C=O) groups is 1. The number of halogens is 2. The summed E-state index contributed by atoms with van der Waals surface area (Å²) in [6.07, 6.45) is 3.40. The number of ketones is 1. The fraction of sp³-hybridized carbons (Fsp3) is 0.303. The monoisotopic (exact) mass is 613 g/mol. The third-order valence-corrected chi connectivity index (χ3v) is 8.87. The first-order valence-electron chi connectivity index (χ1n) is 14.9. The summed E-state index contributed by atoms with van der Waals surface area (Å²) in [4.78, 5) is 25.7. The number of hydrogen-bond acceptors (Lipinski definition) is 8. The molecule has 0 spiro atoms. The number of likely N-dealkylation sites (N-methyl/N-ethyl adjacent to an activating group) is 1. The Bertz CT molecular complexity index is 1920. The molecule has 4 N–H and O–H groups in total. The predicted molar refractivity (Wildman–Crippen MR) is 165 cm³/mol. The number of para-hydroxylation sites is 1. The molecule has 45 heavy (non-hydrogen) atoms. The fourth-order valence-corrected chi connectivity index (χ4v) is 6.55. The minimum absolute atomic E-state index is 0.00413. The number of aliphatic hydroxyl groups is 1. The zero-order valence-electron chi connectivity index (χ0n) is 24.9. The molecule has 0 amide bonds. The predicted octanol–water partition coefficient (Wildman–Crippen LogP) is 4.22. The summed E-state index contributed by atoms with van der Waals surface area (Å²) < 4.78 is 34.8. The highest BCUT2D eigenvalue weighted by molar-refractivity contribution is 6.12. The van der Waals surface area contributed by atoms with Gasteiger partial charge in [-0.15, -0.1) is 0 Å². The lowest BCUT2D eigenvalue weighted by Crippen LogP contribution is -2.38. The van der Waals surface area contributed by atoms with Crippen molar-refractivity contribution in [1.82, 2.24) is 29.5 Å². The van der Waals surface area contributed by atoms with E-state index in [1.165, 1.54) is 40.3 Å². The first-order valence-corrected chi connectivity index (χ1v) is 14.9. The van der Waals surface area contributed by atoms with E-state index in [9.17, 15) is 18.7 Å². The quantitative estimate of drug-likeness (QED) is 0.233. The number of nitrogens with two attached hydrogens (primary N) is 1. The highest BCUT2D eigenvalue weighted by Gasteiger charge is 2.32. The number of fused-ring (bicyclic) bond motifs is 3. The molecule has 0 saturated carbocycles. The van der Waals surface area contributed by atoms with Crippen molar-refractivity contribution in [1.29, 1.82) is 0 Å². The molecule has 2 aliphatic heterocycles. The van der Waals surface area contributed by atoms with Crippen LogP contribution in [0.2, 0.25) is 0 Å². The number of pyridine rings is 1. The molecule has 232 valence electrons. The molecule has 1 saturated heterocycles. The summed E-state index contributed by atoms with van der Waals surface area (Å²) in [6.45, 7) is 5.92. The van der Waals surface area contributed by atoms with Gasteiger partial charge in [0.15, 0.2) is 11.6 Å². The number of nitrogens with zero attached hydrogens (tertiary/aromatic N) is 5. The SMILES string of the molecule is Cc1cc(Oc2c(F)cccc2F)ncc1-n1ncc(C(=O)c2cc3c4c(ccc3[nH]2)CN(CC2CN(C)CC2O)CC4)c1N. The Morgan fingerprint density at radius 2 is 1.96 bits per heavy atom. The van der Waals surface area contributed by atoms with E-state index in [-0.39, 0.29) is 35.1 Å². The summed E-state index contributed by atoms with van der Waals surface area (Å²) >= 11 is 0. The van der Waals surface area contributed by atoms with Gasteiger partial charge in [0, 0.05) is 55.6 Å². The third kappa shape index (κ3) is 5.34. The molecule has 1 fully saturated rings. The van der Waals surface area contributed by atoms with E-state index in [1.54, 1.807) is 6.92 Å². The number of anilines is 1. The van der Waals surface area contributed by atoms with Gasteiger partial charge in [-0.2, -0.15) is 5.10 Å². The fourth-order valence-electron chi connectivity index (χ4n) is 6.55. The van der Waals surface area contributed by atoms with E-state index in [0.29, 0.717) is 16.9 Å². The number of aliphatic hydroxyl groups excluding tert-OH is 1. The molecule has 12 heteroatoms. The Morgan fingerprint density at radius 1 is 1.16 bits per heavy atom. The van der Waals surface area contributed by atoms with Crippen molar-refractivity contribution >= 4 is 22.5 Å². The zero-order valence-corrected chi connectivity index (χ0v) is 24.9. The van der Waals surface area contributed by atoms with Crippen LogP contribution in [-0.4, -0.2) is 79.8 Å². The number of aromatic nitrogens is 4. The van der Waals surface area contributed by atoms with E-state index in [2.05, 4.69) is 30.9 Å². The van der Waals surface area contributed by atoms with Crippen LogP contribution in [-0.2, 0) is 13.0 Å². The number of nitrogen functional groups attached to an aromatic ring is 1. The van der Waals surface area contributed by atoms with Crippen molar-refractivity contribution < 1.29 is 23.4 Å². The molecule has 3 aromatic heterocycles. The Hall–Kier alpha value is -4.65. The number of rotatable bonds is 7. The molecule has 2 atom stereocenters. The van der Waals surface area contributed by atoms with Gasteiger partial charge in [0.1, 0.15) is 5.82 Å². The maximum Gasteiger partial charge on any atom is 0.219 e. The normalized spacial score (nSPS) is 18.9. The van der Waals surface area contributed by atoms with E-state index in [0.717, 1.165) is 62.2 Å². The van der Waals surface area contributed by atoms with E-state index in [4.69, 9.17) is 10.5 Å². The van der Waals surface area contributed by atoms with Crippen LogP contribution in [0.25, 0.3) is 16.6 Å². The Morgan fingerprint density at radius 3 is 2.69 bits per heavy atom. The highest BCUT2D eigenvalue weighted by Crippen LogP contribution is 2.32. The van der Waals surface area contributed by atoms with Gasteiger partial charge in [0.25, 0.3) is 0 Å². The molecule has 0 aliphatic carbocycles. The first-order chi connectivity index (χ1) is 21.7. The number of β-amino-alcohol motifs (C(OH)–C–C–N with tert-alkyl or cyclic N) is 1. The van der Waals surface area contributed by atoms with E-state index in [1.807, 2.05) is 19.2 Å². The summed E-state index contributed by atoms with van der Waals surface area (Å²) in [6, 6.07) is 11.0. The smallest absolute Gasteiger partial charge is 0.219 e. The number of hydrogen-bond donors (Lipinski definition) is 3. The van der Waals surface area contributed by atoms with Crippen LogP contribution in [0, 0.1) is 24.5 Å². The second kappa shape index (κ2) is 11.4. The standard InChI is InChI=1S/C33H33F2N7O3/c1-18-10-30(45-32-24(34)4-3-5-25(32)35)37-13-28(18)42-33(36)23(12-38-42)31(44)27-11-22-21-8-9-41(15-19(21)6-7-26(22)39-27)16-20-14-40(2)17-29(20)43/h3-7,10-13,20,29,39,43H,8-9,14-17,36H2,1-2H3. The molecule has 7 rings (SSSR count). The van der Waals surface area contributed by atoms with Crippen LogP contribution in [0.5, 0.6) is 11.6 Å². The average Bonchev–Trinajstić information content (AvgIpc) is 3.71. The molecule has 2 aromatic carbocycles. The summed E-state index contributed by atoms with van der Waals surface area (Å²) in [5.74, 6) is -2.14. The second-order valence-electron chi connectivity index (χ2n) is 12.0. The van der Waals surface area contributed by atoms with Crippen LogP contribution < -0.4 is 10.5 Å². The topological polar surface area (TPSA) is 126 Å². The van der Waals surface area contributed by atoms with Crippen molar-refractivity contribution in [2.75, 3.05) is 39.0 Å². The van der Waals surface area contributed by atoms with Crippen LogP contribution >= 0.6 is 0 Å². The number of benzene rings is 2. The number of carbonyl (C=O) groups excluding carboxylic acids is 1. The number of nitrogens with one attached hydrogen (secondary N) is 1. The third-order valence-electron chi connectivity index (χ3n) is 8.87. The summed E-state index contributed by atoms with van der Waals surface area (Å²) in [5.41, 5.74) is 11.5. The van der Waals surface area contributed by atoms with Gasteiger partial charge in [0.2, 0.25) is 17.4 Å². The van der Waals surface area contributed by atoms with Gasteiger partial charge in [-0.1, -0.05) is 12.1 Å². The largest absolute Gasteiger partial charge is 0.433 e. The average molecular weight is 614 g/mol. The molecule has 10 nitrogen and oxygen atoms in total. The van der Waals surface area contributed by atoms with Crippen LogP contribution in [0.15, 0.2) is 54.9 Å². The van der Waals surface area contributed by atoms with E-state index < -0.39 is 17.4 Å². The molecule has 5 aromatic rings. The minimum atomic E-state index is -0.842. The van der Waals surface area contributed by atoms with Gasteiger partial charge in [0.05, 0.1) is 35.4 Å². The number of ether oxygens (including phenoxy) is 1. The van der Waals surface area contributed by atoms with Crippen molar-refractivity contribution in [3.05, 3.63) is 94.4 Å². The molecular weight excluding hydrogens is 580 g/mol.